The number of likely N-dealkylation sites (tertiary alicyclic amines) is 1. The molecule has 0 spiro atoms. The molecule has 0 radical (unpaired) electrons. The van der Waals surface area contributed by atoms with Crippen LogP contribution in [-0.2, 0) is 9.53 Å². The van der Waals surface area contributed by atoms with Gasteiger partial charge in [-0.25, -0.2) is 4.79 Å². The van der Waals surface area contributed by atoms with E-state index in [9.17, 15) is 9.59 Å². The average molecular weight is 227 g/mol. The van der Waals surface area contributed by atoms with Crippen LogP contribution in [0, 0.1) is 5.92 Å². The Balaban J connectivity index is 2.55. The molecule has 1 aliphatic heterocycles. The maximum Gasteiger partial charge on any atom is 0.410 e. The monoisotopic (exact) mass is 227 g/mol. The van der Waals surface area contributed by atoms with Gasteiger partial charge in [0.15, 0.2) is 0 Å². The first kappa shape index (κ1) is 13.0. The Hall–Kier alpha value is -1.06. The van der Waals surface area contributed by atoms with E-state index in [1.165, 1.54) is 0 Å². The second-order valence-electron chi connectivity index (χ2n) is 5.37. The second-order valence-corrected chi connectivity index (χ2v) is 5.37. The van der Waals surface area contributed by atoms with Crippen LogP contribution in [0.4, 0.5) is 4.79 Å². The van der Waals surface area contributed by atoms with Crippen molar-refractivity contribution in [2.45, 2.75) is 46.1 Å². The highest BCUT2D eigenvalue weighted by Crippen LogP contribution is 2.16. The molecule has 1 amide bonds. The summed E-state index contributed by atoms with van der Waals surface area (Å²) in [5, 5.41) is 0. The lowest BCUT2D eigenvalue weighted by Crippen LogP contribution is -2.37. The molecule has 0 aromatic carbocycles. The van der Waals surface area contributed by atoms with Crippen LogP contribution in [0.25, 0.3) is 0 Å². The predicted octanol–water partition coefficient (Wildman–Crippen LogP) is 2.22. The van der Waals surface area contributed by atoms with Crippen LogP contribution in [0.1, 0.15) is 40.5 Å². The third-order valence-corrected chi connectivity index (χ3v) is 2.66. The number of hydrogen-bond donors (Lipinski definition) is 0. The van der Waals surface area contributed by atoms with Gasteiger partial charge in [0, 0.05) is 25.4 Å². The Morgan fingerprint density at radius 3 is 2.56 bits per heavy atom. The van der Waals surface area contributed by atoms with Crippen molar-refractivity contribution >= 4 is 11.9 Å². The van der Waals surface area contributed by atoms with Crippen molar-refractivity contribution in [3.63, 3.8) is 0 Å². The molecule has 1 atom stereocenters. The summed E-state index contributed by atoms with van der Waals surface area (Å²) in [7, 11) is 0. The fraction of sp³-hybridized carbons (Fsp3) is 0.833. The van der Waals surface area contributed by atoms with E-state index in [1.807, 2.05) is 27.7 Å². The molecule has 0 saturated carbocycles. The molecule has 1 heterocycles. The molecular formula is C12H21NO3. The molecule has 0 N–H and O–H groups in total. The quantitative estimate of drug-likeness (QED) is 0.637. The maximum atomic E-state index is 11.8. The first-order chi connectivity index (χ1) is 7.29. The van der Waals surface area contributed by atoms with Gasteiger partial charge in [0.05, 0.1) is 0 Å². The number of Topliss-reactive ketones (excluding diaryl/α,β-unsaturated/α-hetero) is 1. The van der Waals surface area contributed by atoms with E-state index in [0.717, 1.165) is 6.42 Å². The number of ether oxygens (including phenoxy) is 1. The maximum absolute atomic E-state index is 11.8. The van der Waals surface area contributed by atoms with Crippen LogP contribution >= 0.6 is 0 Å². The van der Waals surface area contributed by atoms with Crippen molar-refractivity contribution in [2.24, 2.45) is 5.92 Å². The highest BCUT2D eigenvalue weighted by atomic mass is 16.6. The van der Waals surface area contributed by atoms with Crippen molar-refractivity contribution < 1.29 is 14.3 Å². The van der Waals surface area contributed by atoms with Gasteiger partial charge >= 0.3 is 6.09 Å². The molecule has 0 unspecified atom stereocenters. The molecule has 0 aliphatic carbocycles. The van der Waals surface area contributed by atoms with Crippen LogP contribution in [0.5, 0.6) is 0 Å². The standard InChI is InChI=1S/C12H21NO3/c1-9-5-7-13(8-6-10(9)14)11(15)16-12(2,3)4/h9H,5-8H2,1-4H3/t9-/m0/s1. The molecule has 0 aromatic heterocycles. The third-order valence-electron chi connectivity index (χ3n) is 2.66. The largest absolute Gasteiger partial charge is 0.444 e. The van der Waals surface area contributed by atoms with Gasteiger partial charge in [0.25, 0.3) is 0 Å². The van der Waals surface area contributed by atoms with Crippen molar-refractivity contribution in [1.82, 2.24) is 4.90 Å². The van der Waals surface area contributed by atoms with Gasteiger partial charge in [0.2, 0.25) is 0 Å². The molecule has 4 heteroatoms. The third kappa shape index (κ3) is 3.83. The second kappa shape index (κ2) is 4.85. The van der Waals surface area contributed by atoms with Gasteiger partial charge < -0.3 is 9.64 Å². The first-order valence-corrected chi connectivity index (χ1v) is 5.80. The van der Waals surface area contributed by atoms with Crippen molar-refractivity contribution in [3.05, 3.63) is 0 Å². The molecule has 0 aromatic rings. The summed E-state index contributed by atoms with van der Waals surface area (Å²) in [5.41, 5.74) is -0.473. The summed E-state index contributed by atoms with van der Waals surface area (Å²) in [4.78, 5) is 24.9. The number of amides is 1. The Morgan fingerprint density at radius 1 is 1.38 bits per heavy atom. The zero-order valence-electron chi connectivity index (χ0n) is 10.6. The van der Waals surface area contributed by atoms with Crippen LogP contribution in [0.15, 0.2) is 0 Å². The number of ketones is 1. The number of carbonyl (C=O) groups excluding carboxylic acids is 2. The first-order valence-electron chi connectivity index (χ1n) is 5.80. The van der Waals surface area contributed by atoms with Gasteiger partial charge in [0.1, 0.15) is 11.4 Å². The van der Waals surface area contributed by atoms with Crippen LogP contribution in [-0.4, -0.2) is 35.5 Å². The van der Waals surface area contributed by atoms with E-state index in [4.69, 9.17) is 4.74 Å². The van der Waals surface area contributed by atoms with Crippen molar-refractivity contribution in [3.8, 4) is 0 Å². The molecule has 0 bridgehead atoms. The number of nitrogens with zero attached hydrogens (tertiary/aromatic N) is 1. The topological polar surface area (TPSA) is 46.6 Å². The van der Waals surface area contributed by atoms with Crippen LogP contribution in [0.3, 0.4) is 0 Å². The van der Waals surface area contributed by atoms with Gasteiger partial charge in [-0.05, 0) is 27.2 Å². The van der Waals surface area contributed by atoms with Crippen molar-refractivity contribution in [1.29, 1.82) is 0 Å². The fourth-order valence-corrected chi connectivity index (χ4v) is 1.62. The van der Waals surface area contributed by atoms with E-state index < -0.39 is 5.60 Å². The molecule has 16 heavy (non-hydrogen) atoms. The van der Waals surface area contributed by atoms with E-state index in [2.05, 4.69) is 0 Å². The summed E-state index contributed by atoms with van der Waals surface area (Å²) in [5.74, 6) is 0.304. The van der Waals surface area contributed by atoms with Crippen LogP contribution < -0.4 is 0 Å². The molecular weight excluding hydrogens is 206 g/mol. The van der Waals surface area contributed by atoms with Crippen LogP contribution in [0.2, 0.25) is 0 Å². The normalized spacial score (nSPS) is 22.9. The zero-order valence-corrected chi connectivity index (χ0v) is 10.6. The minimum absolute atomic E-state index is 0.0624. The van der Waals surface area contributed by atoms with Gasteiger partial charge in [-0.3, -0.25) is 4.79 Å². The van der Waals surface area contributed by atoms with E-state index >= 15 is 0 Å². The molecule has 1 aliphatic rings. The van der Waals surface area contributed by atoms with Crippen molar-refractivity contribution in [2.75, 3.05) is 13.1 Å². The Labute approximate surface area is 96.9 Å². The molecule has 4 nitrogen and oxygen atoms in total. The number of hydrogen-bond acceptors (Lipinski definition) is 3. The lowest BCUT2D eigenvalue weighted by molar-refractivity contribution is -0.122. The number of rotatable bonds is 0. The Bertz CT molecular complexity index is 280. The zero-order chi connectivity index (χ0) is 12.3. The molecule has 92 valence electrons. The lowest BCUT2D eigenvalue weighted by atomic mass is 10.0. The van der Waals surface area contributed by atoms with E-state index in [-0.39, 0.29) is 17.8 Å². The fourth-order valence-electron chi connectivity index (χ4n) is 1.62. The average Bonchev–Trinajstić information content (AvgIpc) is 2.28. The molecule has 1 fully saturated rings. The Kier molecular flexibility index (Phi) is 3.94. The highest BCUT2D eigenvalue weighted by molar-refractivity contribution is 5.82. The summed E-state index contributed by atoms with van der Waals surface area (Å²) in [6.45, 7) is 8.55. The SMILES string of the molecule is C[C@H]1CCN(C(=O)OC(C)(C)C)CCC1=O. The van der Waals surface area contributed by atoms with Gasteiger partial charge in [-0.2, -0.15) is 0 Å². The minimum atomic E-state index is -0.473. The number of carbonyl (C=O) groups is 2. The van der Waals surface area contributed by atoms with Gasteiger partial charge in [-0.1, -0.05) is 6.92 Å². The summed E-state index contributed by atoms with van der Waals surface area (Å²) in [6.07, 6.45) is 0.868. The summed E-state index contributed by atoms with van der Waals surface area (Å²) < 4.78 is 5.28. The summed E-state index contributed by atoms with van der Waals surface area (Å²) in [6, 6.07) is 0. The Morgan fingerprint density at radius 2 is 2.00 bits per heavy atom. The predicted molar refractivity (Wildman–Crippen MR) is 61.2 cm³/mol. The van der Waals surface area contributed by atoms with E-state index in [1.54, 1.807) is 4.90 Å². The molecule has 1 rings (SSSR count). The van der Waals surface area contributed by atoms with Gasteiger partial charge in [-0.15, -0.1) is 0 Å². The smallest absolute Gasteiger partial charge is 0.410 e. The lowest BCUT2D eigenvalue weighted by Gasteiger charge is -2.26. The molecule has 1 saturated heterocycles. The summed E-state index contributed by atoms with van der Waals surface area (Å²) >= 11 is 0. The van der Waals surface area contributed by atoms with E-state index in [0.29, 0.717) is 19.5 Å². The highest BCUT2D eigenvalue weighted by Gasteiger charge is 2.26. The minimum Gasteiger partial charge on any atom is -0.444 e.